The maximum Gasteiger partial charge on any atom is 0.0437 e. The average molecular weight is 271 g/mol. The number of rotatable bonds is 2. The molecule has 96 valence electrons. The zero-order chi connectivity index (χ0) is 13.2. The van der Waals surface area contributed by atoms with Gasteiger partial charge >= 0.3 is 0 Å². The van der Waals surface area contributed by atoms with Crippen molar-refractivity contribution < 1.29 is 0 Å². The zero-order valence-corrected chi connectivity index (χ0v) is 11.2. The lowest BCUT2D eigenvalue weighted by Crippen LogP contribution is -2.20. The van der Waals surface area contributed by atoms with Gasteiger partial charge in [0.2, 0.25) is 0 Å². The molecule has 0 bridgehead atoms. The predicted octanol–water partition coefficient (Wildman–Crippen LogP) is 3.53. The van der Waals surface area contributed by atoms with Gasteiger partial charge in [-0.1, -0.05) is 48.0 Å². The van der Waals surface area contributed by atoms with Crippen molar-refractivity contribution >= 4 is 22.9 Å². The summed E-state index contributed by atoms with van der Waals surface area (Å²) in [6.07, 6.45) is 0. The summed E-state index contributed by atoms with van der Waals surface area (Å²) < 4.78 is 0. The maximum absolute atomic E-state index is 6.06. The van der Waals surface area contributed by atoms with Gasteiger partial charge in [-0.2, -0.15) is 0 Å². The van der Waals surface area contributed by atoms with E-state index in [1.807, 2.05) is 30.3 Å². The maximum atomic E-state index is 6.06. The monoisotopic (exact) mass is 270 g/mol. The van der Waals surface area contributed by atoms with Crippen LogP contribution in [0.3, 0.4) is 0 Å². The molecule has 0 amide bonds. The topological polar surface area (TPSA) is 38.0 Å². The Hall–Kier alpha value is -1.77. The van der Waals surface area contributed by atoms with Crippen LogP contribution in [0.15, 0.2) is 54.1 Å². The minimum Gasteiger partial charge on any atom is -0.381 e. The van der Waals surface area contributed by atoms with Gasteiger partial charge in [-0.15, -0.1) is 0 Å². The first-order valence-corrected chi connectivity index (χ1v) is 6.68. The number of nitrogens with two attached hydrogens (primary N) is 1. The normalized spacial score (nSPS) is 14.0. The van der Waals surface area contributed by atoms with Crippen LogP contribution >= 0.6 is 11.6 Å². The Morgan fingerprint density at radius 2 is 1.89 bits per heavy atom. The lowest BCUT2D eigenvalue weighted by Gasteiger charge is -2.25. The molecule has 0 spiro atoms. The molecule has 0 saturated carbocycles. The molecule has 2 nitrogen and oxygen atoms in total. The van der Waals surface area contributed by atoms with Gasteiger partial charge in [0.15, 0.2) is 0 Å². The minimum atomic E-state index is 0.555. The highest BCUT2D eigenvalue weighted by Gasteiger charge is 2.19. The number of hydrogen-bond donors (Lipinski definition) is 2. The molecule has 0 atom stereocenters. The van der Waals surface area contributed by atoms with Crippen LogP contribution in [0.4, 0.5) is 5.69 Å². The SMILES string of the molecule is NCC1=C(c2ccccc2)c2ccc(Cl)cc2NC1. The lowest BCUT2D eigenvalue weighted by molar-refractivity contribution is 1.06. The van der Waals surface area contributed by atoms with E-state index in [0.717, 1.165) is 17.3 Å². The molecule has 0 saturated heterocycles. The Morgan fingerprint density at radius 3 is 2.63 bits per heavy atom. The molecule has 2 aromatic rings. The summed E-state index contributed by atoms with van der Waals surface area (Å²) in [5, 5.41) is 4.13. The molecule has 0 fully saturated rings. The summed E-state index contributed by atoms with van der Waals surface area (Å²) in [7, 11) is 0. The van der Waals surface area contributed by atoms with Gasteiger partial charge < -0.3 is 11.1 Å². The fraction of sp³-hybridized carbons (Fsp3) is 0.125. The van der Waals surface area contributed by atoms with Crippen molar-refractivity contribution in [2.45, 2.75) is 0 Å². The smallest absolute Gasteiger partial charge is 0.0437 e. The van der Waals surface area contributed by atoms with Crippen LogP contribution in [0.2, 0.25) is 5.02 Å². The molecule has 0 aliphatic carbocycles. The molecule has 3 heteroatoms. The van der Waals surface area contributed by atoms with Crippen LogP contribution in [0.1, 0.15) is 11.1 Å². The number of anilines is 1. The van der Waals surface area contributed by atoms with Gasteiger partial charge in [-0.05, 0) is 28.8 Å². The van der Waals surface area contributed by atoms with Crippen molar-refractivity contribution in [3.63, 3.8) is 0 Å². The van der Waals surface area contributed by atoms with Crippen LogP contribution in [-0.2, 0) is 0 Å². The first kappa shape index (κ1) is 12.3. The van der Waals surface area contributed by atoms with Gasteiger partial charge in [0.25, 0.3) is 0 Å². The second-order valence-electron chi connectivity index (χ2n) is 4.59. The van der Waals surface area contributed by atoms with E-state index in [1.165, 1.54) is 22.3 Å². The summed E-state index contributed by atoms with van der Waals surface area (Å²) in [4.78, 5) is 0. The van der Waals surface area contributed by atoms with Gasteiger partial charge in [0.1, 0.15) is 0 Å². The fourth-order valence-corrected chi connectivity index (χ4v) is 2.67. The van der Waals surface area contributed by atoms with Crippen LogP contribution in [-0.4, -0.2) is 13.1 Å². The Balaban J connectivity index is 2.21. The molecule has 19 heavy (non-hydrogen) atoms. The van der Waals surface area contributed by atoms with Gasteiger partial charge in [-0.25, -0.2) is 0 Å². The van der Waals surface area contributed by atoms with Crippen LogP contribution < -0.4 is 11.1 Å². The third kappa shape index (κ3) is 2.25. The second-order valence-corrected chi connectivity index (χ2v) is 5.03. The van der Waals surface area contributed by atoms with E-state index < -0.39 is 0 Å². The molecule has 0 aromatic heterocycles. The number of halogens is 1. The Labute approximate surface area is 117 Å². The Kier molecular flexibility index (Phi) is 3.28. The zero-order valence-electron chi connectivity index (χ0n) is 10.5. The van der Waals surface area contributed by atoms with Crippen molar-refractivity contribution in [3.05, 3.63) is 70.3 Å². The third-order valence-electron chi connectivity index (χ3n) is 3.41. The molecule has 2 aromatic carbocycles. The quantitative estimate of drug-likeness (QED) is 0.876. The molecule has 1 aliphatic heterocycles. The van der Waals surface area contributed by atoms with Crippen molar-refractivity contribution in [1.82, 2.24) is 0 Å². The summed E-state index contributed by atoms with van der Waals surface area (Å²) >= 11 is 6.06. The van der Waals surface area contributed by atoms with Crippen LogP contribution in [0.25, 0.3) is 5.57 Å². The largest absolute Gasteiger partial charge is 0.381 e. The molecular formula is C16H15ClN2. The number of hydrogen-bond acceptors (Lipinski definition) is 2. The van der Waals surface area contributed by atoms with Crippen molar-refractivity contribution in [3.8, 4) is 0 Å². The van der Waals surface area contributed by atoms with Crippen molar-refractivity contribution in [2.24, 2.45) is 5.73 Å². The number of nitrogens with one attached hydrogen (secondary N) is 1. The van der Waals surface area contributed by atoms with E-state index in [1.54, 1.807) is 0 Å². The highest BCUT2D eigenvalue weighted by atomic mass is 35.5. The van der Waals surface area contributed by atoms with Gasteiger partial charge in [0.05, 0.1) is 0 Å². The Morgan fingerprint density at radius 1 is 1.11 bits per heavy atom. The van der Waals surface area contributed by atoms with Gasteiger partial charge in [0, 0.05) is 29.4 Å². The first-order chi connectivity index (χ1) is 9.29. The standard InChI is InChI=1S/C16H15ClN2/c17-13-6-7-14-15(8-13)19-10-12(9-18)16(14)11-4-2-1-3-5-11/h1-8,19H,9-10,18H2. The highest BCUT2D eigenvalue weighted by Crippen LogP contribution is 2.36. The number of fused-ring (bicyclic) bond motifs is 1. The molecule has 1 aliphatic rings. The van der Waals surface area contributed by atoms with E-state index in [4.69, 9.17) is 17.3 Å². The van der Waals surface area contributed by atoms with E-state index >= 15 is 0 Å². The van der Waals surface area contributed by atoms with E-state index in [2.05, 4.69) is 23.5 Å². The molecule has 0 unspecified atom stereocenters. The lowest BCUT2D eigenvalue weighted by atomic mass is 9.89. The van der Waals surface area contributed by atoms with E-state index in [-0.39, 0.29) is 0 Å². The highest BCUT2D eigenvalue weighted by molar-refractivity contribution is 6.31. The van der Waals surface area contributed by atoms with Crippen LogP contribution in [0, 0.1) is 0 Å². The molecule has 3 rings (SSSR count). The third-order valence-corrected chi connectivity index (χ3v) is 3.64. The first-order valence-electron chi connectivity index (χ1n) is 6.31. The molecule has 0 radical (unpaired) electrons. The molecule has 1 heterocycles. The minimum absolute atomic E-state index is 0.555. The second kappa shape index (κ2) is 5.08. The van der Waals surface area contributed by atoms with Gasteiger partial charge in [-0.3, -0.25) is 0 Å². The number of benzene rings is 2. The summed E-state index contributed by atoms with van der Waals surface area (Å²) in [6.45, 7) is 1.33. The average Bonchev–Trinajstić information content (AvgIpc) is 2.46. The summed E-state index contributed by atoms with van der Waals surface area (Å²) in [6, 6.07) is 16.3. The Bertz CT molecular complexity index is 632. The molecular weight excluding hydrogens is 256 g/mol. The van der Waals surface area contributed by atoms with Crippen molar-refractivity contribution in [2.75, 3.05) is 18.4 Å². The van der Waals surface area contributed by atoms with Crippen molar-refractivity contribution in [1.29, 1.82) is 0 Å². The van der Waals surface area contributed by atoms with E-state index in [0.29, 0.717) is 6.54 Å². The summed E-state index contributed by atoms with van der Waals surface area (Å²) in [5.74, 6) is 0. The summed E-state index contributed by atoms with van der Waals surface area (Å²) in [5.41, 5.74) is 11.8. The fourth-order valence-electron chi connectivity index (χ4n) is 2.50. The predicted molar refractivity (Wildman–Crippen MR) is 81.5 cm³/mol. The van der Waals surface area contributed by atoms with Crippen LogP contribution in [0.5, 0.6) is 0 Å². The molecule has 3 N–H and O–H groups in total. The van der Waals surface area contributed by atoms with E-state index in [9.17, 15) is 0 Å².